The van der Waals surface area contributed by atoms with Gasteiger partial charge >= 0.3 is 0 Å². The van der Waals surface area contributed by atoms with Crippen molar-refractivity contribution < 1.29 is 9.59 Å². The molecule has 2 nitrogen and oxygen atoms in total. The van der Waals surface area contributed by atoms with E-state index in [9.17, 15) is 9.59 Å². The molecule has 0 saturated carbocycles. The Labute approximate surface area is 166 Å². The zero-order chi connectivity index (χ0) is 19.9. The van der Waals surface area contributed by atoms with Gasteiger partial charge in [0.25, 0.3) is 0 Å². The van der Waals surface area contributed by atoms with Crippen molar-refractivity contribution >= 4 is 11.6 Å². The highest BCUT2D eigenvalue weighted by atomic mass is 16.1. The van der Waals surface area contributed by atoms with E-state index in [-0.39, 0.29) is 11.6 Å². The van der Waals surface area contributed by atoms with E-state index in [2.05, 4.69) is 0 Å². The Hall–Kier alpha value is -3.78. The zero-order valence-electron chi connectivity index (χ0n) is 15.5. The third-order valence-electron chi connectivity index (χ3n) is 3.61. The summed E-state index contributed by atoms with van der Waals surface area (Å²) in [6.45, 7) is 0. The number of benzene rings is 2. The smallest absolute Gasteiger partial charge is 0.185 e. The summed E-state index contributed by atoms with van der Waals surface area (Å²) in [5, 5.41) is 0. The van der Waals surface area contributed by atoms with E-state index in [1.807, 2.05) is 72.9 Å². The molecule has 0 aliphatic carbocycles. The predicted octanol–water partition coefficient (Wildman–Crippen LogP) is 6.09. The van der Waals surface area contributed by atoms with Gasteiger partial charge < -0.3 is 0 Å². The molecule has 0 N–H and O–H groups in total. The van der Waals surface area contributed by atoms with E-state index in [1.54, 1.807) is 60.7 Å². The van der Waals surface area contributed by atoms with Gasteiger partial charge in [0.15, 0.2) is 11.6 Å². The molecule has 28 heavy (non-hydrogen) atoms. The Bertz CT molecular complexity index is 845. The van der Waals surface area contributed by atoms with Crippen LogP contribution in [0, 0.1) is 0 Å². The molecule has 0 aliphatic heterocycles. The van der Waals surface area contributed by atoms with Crippen LogP contribution < -0.4 is 0 Å². The molecule has 0 bridgehead atoms. The van der Waals surface area contributed by atoms with Crippen molar-refractivity contribution in [3.05, 3.63) is 145 Å². The summed E-state index contributed by atoms with van der Waals surface area (Å²) in [6, 6.07) is 18.3. The molecule has 0 spiro atoms. The molecule has 0 aliphatic rings. The van der Waals surface area contributed by atoms with Crippen LogP contribution in [-0.4, -0.2) is 11.6 Å². The molecule has 138 valence electrons. The second-order valence-corrected chi connectivity index (χ2v) is 5.72. The van der Waals surface area contributed by atoms with Gasteiger partial charge in [0.05, 0.1) is 0 Å². The summed E-state index contributed by atoms with van der Waals surface area (Å²) in [5.74, 6) is -0.0314. The summed E-state index contributed by atoms with van der Waals surface area (Å²) >= 11 is 0. The number of carbonyl (C=O) groups is 2. The SMILES string of the molecule is O=C(/C=C/C=C/C=C/C=C/C=C/C=C/C(=O)c1ccccc1)c1ccccc1. The largest absolute Gasteiger partial charge is 0.289 e. The Kier molecular flexibility index (Phi) is 9.20. The molecule has 2 aromatic carbocycles. The van der Waals surface area contributed by atoms with Gasteiger partial charge in [-0.1, -0.05) is 121 Å². The van der Waals surface area contributed by atoms with Crippen molar-refractivity contribution in [2.75, 3.05) is 0 Å². The lowest BCUT2D eigenvalue weighted by atomic mass is 10.1. The van der Waals surface area contributed by atoms with Crippen LogP contribution in [0.15, 0.2) is 134 Å². The second-order valence-electron chi connectivity index (χ2n) is 5.72. The normalized spacial score (nSPS) is 12.4. The number of hydrogen-bond acceptors (Lipinski definition) is 2. The highest BCUT2D eigenvalue weighted by Gasteiger charge is 1.98. The van der Waals surface area contributed by atoms with Crippen LogP contribution in [0.2, 0.25) is 0 Å². The minimum absolute atomic E-state index is 0.0157. The van der Waals surface area contributed by atoms with Crippen LogP contribution in [0.5, 0.6) is 0 Å². The van der Waals surface area contributed by atoms with Crippen molar-refractivity contribution in [2.24, 2.45) is 0 Å². The van der Waals surface area contributed by atoms with Crippen molar-refractivity contribution in [2.45, 2.75) is 0 Å². The lowest BCUT2D eigenvalue weighted by Crippen LogP contribution is -1.92. The zero-order valence-corrected chi connectivity index (χ0v) is 15.5. The van der Waals surface area contributed by atoms with Crippen molar-refractivity contribution in [3.63, 3.8) is 0 Å². The lowest BCUT2D eigenvalue weighted by molar-refractivity contribution is 0.103. The predicted molar refractivity (Wildman–Crippen MR) is 116 cm³/mol. The van der Waals surface area contributed by atoms with Gasteiger partial charge in [0, 0.05) is 11.1 Å². The van der Waals surface area contributed by atoms with Gasteiger partial charge in [0.1, 0.15) is 0 Å². The molecule has 0 aromatic heterocycles. The molecule has 0 amide bonds. The maximum Gasteiger partial charge on any atom is 0.185 e. The lowest BCUT2D eigenvalue weighted by Gasteiger charge is -1.92. The van der Waals surface area contributed by atoms with Crippen molar-refractivity contribution in [1.29, 1.82) is 0 Å². The quantitative estimate of drug-likeness (QED) is 0.306. The van der Waals surface area contributed by atoms with E-state index in [0.29, 0.717) is 11.1 Å². The summed E-state index contributed by atoms with van der Waals surface area (Å²) in [4.78, 5) is 23.7. The molecular formula is C26H22O2. The van der Waals surface area contributed by atoms with Crippen molar-refractivity contribution in [1.82, 2.24) is 0 Å². The monoisotopic (exact) mass is 366 g/mol. The maximum absolute atomic E-state index is 11.8. The van der Waals surface area contributed by atoms with Gasteiger partial charge in [-0.25, -0.2) is 0 Å². The first-order valence-electron chi connectivity index (χ1n) is 8.97. The first-order valence-corrected chi connectivity index (χ1v) is 8.97. The molecule has 2 rings (SSSR count). The first kappa shape index (κ1) is 20.5. The van der Waals surface area contributed by atoms with Crippen LogP contribution >= 0.6 is 0 Å². The molecule has 0 atom stereocenters. The van der Waals surface area contributed by atoms with Gasteiger partial charge in [-0.15, -0.1) is 0 Å². The van der Waals surface area contributed by atoms with Gasteiger partial charge in [-0.2, -0.15) is 0 Å². The highest BCUT2D eigenvalue weighted by Crippen LogP contribution is 2.01. The number of allylic oxidation sites excluding steroid dienone is 12. The summed E-state index contributed by atoms with van der Waals surface area (Å²) in [6.07, 6.45) is 21.3. The Morgan fingerprint density at radius 2 is 0.714 bits per heavy atom. The number of rotatable bonds is 9. The van der Waals surface area contributed by atoms with E-state index in [0.717, 1.165) is 0 Å². The second kappa shape index (κ2) is 12.6. The third kappa shape index (κ3) is 8.07. The number of carbonyl (C=O) groups excluding carboxylic acids is 2. The van der Waals surface area contributed by atoms with Crippen LogP contribution in [0.1, 0.15) is 20.7 Å². The van der Waals surface area contributed by atoms with Gasteiger partial charge in [-0.3, -0.25) is 9.59 Å². The fourth-order valence-corrected chi connectivity index (χ4v) is 2.20. The van der Waals surface area contributed by atoms with E-state index < -0.39 is 0 Å². The average Bonchev–Trinajstić information content (AvgIpc) is 2.75. The molecule has 0 fully saturated rings. The average molecular weight is 366 g/mol. The molecule has 0 heterocycles. The highest BCUT2D eigenvalue weighted by molar-refractivity contribution is 6.05. The van der Waals surface area contributed by atoms with E-state index >= 15 is 0 Å². The minimum Gasteiger partial charge on any atom is -0.289 e. The molecule has 2 heteroatoms. The number of hydrogen-bond donors (Lipinski definition) is 0. The fourth-order valence-electron chi connectivity index (χ4n) is 2.20. The summed E-state index contributed by atoms with van der Waals surface area (Å²) < 4.78 is 0. The van der Waals surface area contributed by atoms with Gasteiger partial charge in [-0.05, 0) is 12.2 Å². The van der Waals surface area contributed by atoms with Crippen LogP contribution in [0.25, 0.3) is 0 Å². The number of ketones is 2. The Morgan fingerprint density at radius 3 is 1.04 bits per heavy atom. The van der Waals surface area contributed by atoms with Crippen molar-refractivity contribution in [3.8, 4) is 0 Å². The molecule has 0 radical (unpaired) electrons. The molecule has 2 aromatic rings. The Morgan fingerprint density at radius 1 is 0.429 bits per heavy atom. The standard InChI is InChI=1S/C26H22O2/c27-25(23-17-11-9-12-18-23)21-15-7-5-3-1-2-4-6-8-16-22-26(28)24-19-13-10-14-20-24/h1-22H/b3-1+,4-2+,7-5+,8-6+,21-15+,22-16+. The molecular weight excluding hydrogens is 344 g/mol. The topological polar surface area (TPSA) is 34.1 Å². The fraction of sp³-hybridized carbons (Fsp3) is 0. The van der Waals surface area contributed by atoms with Crippen LogP contribution in [-0.2, 0) is 0 Å². The minimum atomic E-state index is -0.0157. The molecule has 0 unspecified atom stereocenters. The maximum atomic E-state index is 11.8. The van der Waals surface area contributed by atoms with Crippen LogP contribution in [0.3, 0.4) is 0 Å². The van der Waals surface area contributed by atoms with E-state index in [1.165, 1.54) is 0 Å². The van der Waals surface area contributed by atoms with Crippen LogP contribution in [0.4, 0.5) is 0 Å². The summed E-state index contributed by atoms with van der Waals surface area (Å²) in [7, 11) is 0. The Balaban J connectivity index is 1.68. The summed E-state index contributed by atoms with van der Waals surface area (Å²) in [5.41, 5.74) is 1.36. The van der Waals surface area contributed by atoms with Gasteiger partial charge in [0.2, 0.25) is 0 Å². The third-order valence-corrected chi connectivity index (χ3v) is 3.61. The first-order chi connectivity index (χ1) is 13.8. The van der Waals surface area contributed by atoms with E-state index in [4.69, 9.17) is 0 Å². The molecule has 0 saturated heterocycles.